The summed E-state index contributed by atoms with van der Waals surface area (Å²) in [7, 11) is 2.10. The van der Waals surface area contributed by atoms with Gasteiger partial charge in [0.15, 0.2) is 0 Å². The predicted octanol–water partition coefficient (Wildman–Crippen LogP) is -0.353. The predicted molar refractivity (Wildman–Crippen MR) is 47.1 cm³/mol. The first-order chi connectivity index (χ1) is 6.29. The monoisotopic (exact) mass is 182 g/mol. The highest BCUT2D eigenvalue weighted by Crippen LogP contribution is 2.18. The molecular formula is C8H14N4O. The summed E-state index contributed by atoms with van der Waals surface area (Å²) in [5.74, 6) is 0. The Hall–Kier alpha value is -0.940. The van der Waals surface area contributed by atoms with Gasteiger partial charge in [0, 0.05) is 6.54 Å². The third-order valence-corrected chi connectivity index (χ3v) is 2.46. The molecule has 1 aliphatic heterocycles. The lowest BCUT2D eigenvalue weighted by molar-refractivity contribution is 0.276. The Morgan fingerprint density at radius 1 is 1.69 bits per heavy atom. The van der Waals surface area contributed by atoms with Crippen molar-refractivity contribution in [1.82, 2.24) is 19.9 Å². The number of likely N-dealkylation sites (tertiary alicyclic amines) is 1. The fourth-order valence-corrected chi connectivity index (χ4v) is 1.69. The van der Waals surface area contributed by atoms with Crippen molar-refractivity contribution >= 4 is 0 Å². The Kier molecular flexibility index (Phi) is 2.28. The molecule has 1 aromatic heterocycles. The fraction of sp³-hybridized carbons (Fsp3) is 0.750. The summed E-state index contributed by atoms with van der Waals surface area (Å²) in [4.78, 5) is 2.27. The molecule has 5 nitrogen and oxygen atoms in total. The maximum Gasteiger partial charge on any atom is 0.108 e. The number of nitrogens with zero attached hydrogens (tertiary/aromatic N) is 4. The molecule has 5 heteroatoms. The van der Waals surface area contributed by atoms with E-state index in [-0.39, 0.29) is 6.61 Å². The van der Waals surface area contributed by atoms with Crippen molar-refractivity contribution < 1.29 is 5.11 Å². The number of aromatic nitrogens is 3. The molecular weight excluding hydrogens is 168 g/mol. The maximum atomic E-state index is 8.82. The Balaban J connectivity index is 2.08. The van der Waals surface area contributed by atoms with Gasteiger partial charge < -0.3 is 10.0 Å². The van der Waals surface area contributed by atoms with E-state index in [0.717, 1.165) is 19.5 Å². The van der Waals surface area contributed by atoms with E-state index in [2.05, 4.69) is 22.3 Å². The average Bonchev–Trinajstić information content (AvgIpc) is 2.71. The van der Waals surface area contributed by atoms with E-state index < -0.39 is 0 Å². The van der Waals surface area contributed by atoms with Gasteiger partial charge >= 0.3 is 0 Å². The van der Waals surface area contributed by atoms with Crippen LogP contribution < -0.4 is 0 Å². The molecule has 0 radical (unpaired) electrons. The smallest absolute Gasteiger partial charge is 0.108 e. The number of rotatable bonds is 2. The molecule has 1 fully saturated rings. The van der Waals surface area contributed by atoms with E-state index in [1.165, 1.54) is 0 Å². The summed E-state index contributed by atoms with van der Waals surface area (Å²) in [6.07, 6.45) is 2.94. The molecule has 1 saturated heterocycles. The quantitative estimate of drug-likeness (QED) is 0.679. The van der Waals surface area contributed by atoms with Crippen molar-refractivity contribution in [3.8, 4) is 0 Å². The topological polar surface area (TPSA) is 54.2 Å². The van der Waals surface area contributed by atoms with Crippen molar-refractivity contribution in [1.29, 1.82) is 0 Å². The molecule has 1 aromatic rings. The molecule has 13 heavy (non-hydrogen) atoms. The van der Waals surface area contributed by atoms with Crippen LogP contribution in [0.2, 0.25) is 0 Å². The molecule has 0 saturated carbocycles. The molecule has 0 bridgehead atoms. The normalized spacial score (nSPS) is 24.0. The molecule has 0 aliphatic carbocycles. The minimum absolute atomic E-state index is 0.0252. The van der Waals surface area contributed by atoms with Gasteiger partial charge in [-0.3, -0.25) is 0 Å². The van der Waals surface area contributed by atoms with Gasteiger partial charge in [0.2, 0.25) is 0 Å². The first-order valence-corrected chi connectivity index (χ1v) is 4.49. The lowest BCUT2D eigenvalue weighted by Crippen LogP contribution is -2.16. The molecule has 72 valence electrons. The lowest BCUT2D eigenvalue weighted by Gasteiger charge is -2.09. The first-order valence-electron chi connectivity index (χ1n) is 4.49. The van der Waals surface area contributed by atoms with Gasteiger partial charge in [-0.25, -0.2) is 4.68 Å². The van der Waals surface area contributed by atoms with Gasteiger partial charge in [0.1, 0.15) is 5.69 Å². The Morgan fingerprint density at radius 3 is 3.08 bits per heavy atom. The van der Waals surface area contributed by atoms with E-state index in [0.29, 0.717) is 11.7 Å². The second-order valence-electron chi connectivity index (χ2n) is 3.55. The van der Waals surface area contributed by atoms with E-state index in [9.17, 15) is 0 Å². The van der Waals surface area contributed by atoms with Gasteiger partial charge in [-0.15, -0.1) is 5.10 Å². The highest BCUT2D eigenvalue weighted by molar-refractivity contribution is 4.92. The molecule has 0 spiro atoms. The molecule has 0 amide bonds. The molecule has 2 heterocycles. The second-order valence-corrected chi connectivity index (χ2v) is 3.55. The highest BCUT2D eigenvalue weighted by Gasteiger charge is 2.21. The minimum Gasteiger partial charge on any atom is -0.390 e. The lowest BCUT2D eigenvalue weighted by atomic mass is 10.3. The van der Waals surface area contributed by atoms with Gasteiger partial charge in [-0.2, -0.15) is 0 Å². The molecule has 0 unspecified atom stereocenters. The van der Waals surface area contributed by atoms with Crippen LogP contribution in [0, 0.1) is 0 Å². The van der Waals surface area contributed by atoms with E-state index >= 15 is 0 Å². The summed E-state index contributed by atoms with van der Waals surface area (Å²) in [6.45, 7) is 2.11. The Bertz CT molecular complexity index is 285. The Morgan fingerprint density at radius 2 is 2.54 bits per heavy atom. The van der Waals surface area contributed by atoms with Crippen LogP contribution in [-0.4, -0.2) is 45.1 Å². The highest BCUT2D eigenvalue weighted by atomic mass is 16.3. The molecule has 2 rings (SSSR count). The van der Waals surface area contributed by atoms with Crippen LogP contribution in [0.5, 0.6) is 0 Å². The van der Waals surface area contributed by atoms with Crippen molar-refractivity contribution in [3.05, 3.63) is 11.9 Å². The second kappa shape index (κ2) is 3.43. The zero-order valence-electron chi connectivity index (χ0n) is 7.72. The van der Waals surface area contributed by atoms with E-state index in [4.69, 9.17) is 5.11 Å². The number of hydrogen-bond donors (Lipinski definition) is 1. The summed E-state index contributed by atoms with van der Waals surface area (Å²) in [6, 6.07) is 0.429. The number of aliphatic hydroxyl groups is 1. The fourth-order valence-electron chi connectivity index (χ4n) is 1.69. The SMILES string of the molecule is CN1CC[C@H](n2cc(CO)nn2)C1. The summed E-state index contributed by atoms with van der Waals surface area (Å²) in [5, 5.41) is 16.7. The first kappa shape index (κ1) is 8.65. The van der Waals surface area contributed by atoms with Crippen molar-refractivity contribution in [2.75, 3.05) is 20.1 Å². The van der Waals surface area contributed by atoms with Gasteiger partial charge in [0.25, 0.3) is 0 Å². The van der Waals surface area contributed by atoms with Crippen LogP contribution in [0.4, 0.5) is 0 Å². The summed E-state index contributed by atoms with van der Waals surface area (Å²) >= 11 is 0. The zero-order valence-corrected chi connectivity index (χ0v) is 7.72. The van der Waals surface area contributed by atoms with Crippen LogP contribution in [0.25, 0.3) is 0 Å². The van der Waals surface area contributed by atoms with Crippen molar-refractivity contribution in [3.63, 3.8) is 0 Å². The number of hydrogen-bond acceptors (Lipinski definition) is 4. The Labute approximate surface area is 77.0 Å². The van der Waals surface area contributed by atoms with Crippen LogP contribution >= 0.6 is 0 Å². The van der Waals surface area contributed by atoms with Crippen LogP contribution in [0.1, 0.15) is 18.2 Å². The van der Waals surface area contributed by atoms with Crippen LogP contribution in [-0.2, 0) is 6.61 Å². The largest absolute Gasteiger partial charge is 0.390 e. The standard InChI is InChI=1S/C8H14N4O/c1-11-3-2-8(5-11)12-4-7(6-13)9-10-12/h4,8,13H,2-3,5-6H2,1H3/t8-/m0/s1. The van der Waals surface area contributed by atoms with Crippen molar-refractivity contribution in [2.24, 2.45) is 0 Å². The third-order valence-electron chi connectivity index (χ3n) is 2.46. The van der Waals surface area contributed by atoms with Crippen LogP contribution in [0.3, 0.4) is 0 Å². The van der Waals surface area contributed by atoms with E-state index in [1.807, 2.05) is 10.9 Å². The molecule has 1 atom stereocenters. The number of aliphatic hydroxyl groups excluding tert-OH is 1. The third kappa shape index (κ3) is 1.71. The molecule has 0 aromatic carbocycles. The maximum absolute atomic E-state index is 8.82. The zero-order chi connectivity index (χ0) is 9.26. The average molecular weight is 182 g/mol. The molecule has 1 N–H and O–H groups in total. The molecule has 1 aliphatic rings. The van der Waals surface area contributed by atoms with Gasteiger partial charge in [-0.05, 0) is 20.0 Å². The summed E-state index contributed by atoms with van der Waals surface area (Å²) < 4.78 is 1.86. The van der Waals surface area contributed by atoms with E-state index in [1.54, 1.807) is 0 Å². The minimum atomic E-state index is -0.0252. The summed E-state index contributed by atoms with van der Waals surface area (Å²) in [5.41, 5.74) is 0.648. The number of likely N-dealkylation sites (N-methyl/N-ethyl adjacent to an activating group) is 1. The van der Waals surface area contributed by atoms with Crippen LogP contribution in [0.15, 0.2) is 6.20 Å². The van der Waals surface area contributed by atoms with Gasteiger partial charge in [-0.1, -0.05) is 5.21 Å². The van der Waals surface area contributed by atoms with Crippen molar-refractivity contribution in [2.45, 2.75) is 19.1 Å². The van der Waals surface area contributed by atoms with Gasteiger partial charge in [0.05, 0.1) is 18.8 Å².